The fraction of sp³-hybridized carbons (Fsp3) is 0.235. The third kappa shape index (κ3) is 2.97. The highest BCUT2D eigenvalue weighted by Crippen LogP contribution is 2.34. The Hall–Kier alpha value is -2.48. The summed E-state index contributed by atoms with van der Waals surface area (Å²) >= 11 is 0. The van der Waals surface area contributed by atoms with Gasteiger partial charge >= 0.3 is 5.97 Å². The van der Waals surface area contributed by atoms with Gasteiger partial charge in [-0.1, -0.05) is 6.07 Å². The molecule has 0 radical (unpaired) electrons. The molecule has 2 aromatic carbocycles. The summed E-state index contributed by atoms with van der Waals surface area (Å²) in [6.45, 7) is 1.67. The van der Waals surface area contributed by atoms with Crippen LogP contribution in [0, 0.1) is 18.6 Å². The molecule has 0 saturated heterocycles. The predicted molar refractivity (Wildman–Crippen MR) is 87.3 cm³/mol. The number of aromatic carboxylic acids is 1. The molecule has 0 amide bonds. The standard InChI is InChI=1S/C17H15F2NO4S/c1-10-4-5-12(8-13(10)17(21)22)25(23,24)20-6-2-3-11-7-14(18)15(19)9-16(11)20/h4-5,7-9H,2-3,6H2,1H3,(H,21,22). The summed E-state index contributed by atoms with van der Waals surface area (Å²) in [6, 6.07) is 5.68. The normalized spacial score (nSPS) is 14.3. The Morgan fingerprint density at radius 2 is 1.84 bits per heavy atom. The molecule has 0 bridgehead atoms. The van der Waals surface area contributed by atoms with Crippen LogP contribution in [0.2, 0.25) is 0 Å². The van der Waals surface area contributed by atoms with Crippen LogP contribution in [0.25, 0.3) is 0 Å². The number of carboxylic acids is 1. The van der Waals surface area contributed by atoms with Gasteiger partial charge in [0.1, 0.15) is 0 Å². The van der Waals surface area contributed by atoms with E-state index in [1.165, 1.54) is 12.1 Å². The quantitative estimate of drug-likeness (QED) is 0.905. The number of halogens is 2. The second-order valence-electron chi connectivity index (χ2n) is 5.86. The molecule has 1 aliphatic heterocycles. The number of carboxylic acid groups (broad SMARTS) is 1. The maximum absolute atomic E-state index is 13.6. The van der Waals surface area contributed by atoms with Gasteiger partial charge in [-0.2, -0.15) is 0 Å². The van der Waals surface area contributed by atoms with E-state index in [0.717, 1.165) is 22.5 Å². The van der Waals surface area contributed by atoms with E-state index in [2.05, 4.69) is 0 Å². The van der Waals surface area contributed by atoms with Gasteiger partial charge in [0, 0.05) is 12.6 Å². The smallest absolute Gasteiger partial charge is 0.335 e. The van der Waals surface area contributed by atoms with E-state index in [9.17, 15) is 27.1 Å². The van der Waals surface area contributed by atoms with E-state index in [1.54, 1.807) is 6.92 Å². The second-order valence-corrected chi connectivity index (χ2v) is 7.72. The molecule has 3 rings (SSSR count). The molecule has 1 aliphatic rings. The van der Waals surface area contributed by atoms with Gasteiger partial charge in [0.05, 0.1) is 16.1 Å². The van der Waals surface area contributed by atoms with Gasteiger partial charge < -0.3 is 5.11 Å². The van der Waals surface area contributed by atoms with Gasteiger partial charge in [-0.15, -0.1) is 0 Å². The summed E-state index contributed by atoms with van der Waals surface area (Å²) < 4.78 is 54.0. The van der Waals surface area contributed by atoms with E-state index in [0.29, 0.717) is 24.0 Å². The molecule has 1 N–H and O–H groups in total. The molecule has 8 heteroatoms. The molecule has 5 nitrogen and oxygen atoms in total. The third-order valence-corrected chi connectivity index (χ3v) is 6.03. The maximum Gasteiger partial charge on any atom is 0.335 e. The highest BCUT2D eigenvalue weighted by atomic mass is 32.2. The molecule has 0 spiro atoms. The molecule has 1 heterocycles. The van der Waals surface area contributed by atoms with E-state index in [-0.39, 0.29) is 22.7 Å². The van der Waals surface area contributed by atoms with Crippen LogP contribution in [0.1, 0.15) is 27.9 Å². The number of benzene rings is 2. The maximum atomic E-state index is 13.6. The number of hydrogen-bond donors (Lipinski definition) is 1. The molecule has 2 aromatic rings. The summed E-state index contributed by atoms with van der Waals surface area (Å²) in [5, 5.41) is 9.19. The Labute approximate surface area is 143 Å². The minimum Gasteiger partial charge on any atom is -0.478 e. The lowest BCUT2D eigenvalue weighted by molar-refractivity contribution is 0.0696. The van der Waals surface area contributed by atoms with E-state index in [1.807, 2.05) is 0 Å². The number of sulfonamides is 1. The first kappa shape index (κ1) is 17.3. The van der Waals surface area contributed by atoms with Crippen LogP contribution in [-0.2, 0) is 16.4 Å². The molecular formula is C17H15F2NO4S. The van der Waals surface area contributed by atoms with Gasteiger partial charge in [-0.05, 0) is 49.1 Å². The van der Waals surface area contributed by atoms with Crippen molar-refractivity contribution in [1.82, 2.24) is 0 Å². The van der Waals surface area contributed by atoms with E-state index < -0.39 is 27.6 Å². The van der Waals surface area contributed by atoms with Crippen molar-refractivity contribution in [3.8, 4) is 0 Å². The molecule has 0 atom stereocenters. The van der Waals surface area contributed by atoms with Crippen LogP contribution in [0.5, 0.6) is 0 Å². The van der Waals surface area contributed by atoms with Crippen molar-refractivity contribution in [2.45, 2.75) is 24.7 Å². The van der Waals surface area contributed by atoms with Crippen molar-refractivity contribution < 1.29 is 27.1 Å². The highest BCUT2D eigenvalue weighted by Gasteiger charge is 2.31. The summed E-state index contributed by atoms with van der Waals surface area (Å²) in [4.78, 5) is 11.1. The second kappa shape index (κ2) is 6.11. The molecule has 0 aromatic heterocycles. The van der Waals surface area contributed by atoms with Crippen molar-refractivity contribution in [2.75, 3.05) is 10.8 Å². The lowest BCUT2D eigenvalue weighted by Crippen LogP contribution is -2.35. The van der Waals surface area contributed by atoms with Gasteiger partial charge in [-0.3, -0.25) is 4.31 Å². The van der Waals surface area contributed by atoms with Crippen LogP contribution in [0.15, 0.2) is 35.2 Å². The topological polar surface area (TPSA) is 74.7 Å². The Bertz CT molecular complexity index is 973. The van der Waals surface area contributed by atoms with Gasteiger partial charge in [0.15, 0.2) is 11.6 Å². The Morgan fingerprint density at radius 3 is 2.52 bits per heavy atom. The van der Waals surface area contributed by atoms with Gasteiger partial charge in [-0.25, -0.2) is 22.0 Å². The van der Waals surface area contributed by atoms with E-state index in [4.69, 9.17) is 0 Å². The summed E-state index contributed by atoms with van der Waals surface area (Å²) in [5.41, 5.74) is 0.795. The minimum absolute atomic E-state index is 0.0857. The van der Waals surface area contributed by atoms with Gasteiger partial charge in [0.25, 0.3) is 10.0 Å². The largest absolute Gasteiger partial charge is 0.478 e. The van der Waals surface area contributed by atoms with Crippen molar-refractivity contribution in [3.05, 3.63) is 58.7 Å². The molecule has 0 unspecified atom stereocenters. The molecule has 0 saturated carbocycles. The SMILES string of the molecule is Cc1ccc(S(=O)(=O)N2CCCc3cc(F)c(F)cc32)cc1C(=O)O. The zero-order chi connectivity index (χ0) is 18.4. The number of fused-ring (bicyclic) bond motifs is 1. The lowest BCUT2D eigenvalue weighted by Gasteiger charge is -2.30. The summed E-state index contributed by atoms with van der Waals surface area (Å²) in [6.07, 6.45) is 0.891. The molecule has 0 fully saturated rings. The first-order chi connectivity index (χ1) is 11.7. The number of anilines is 1. The zero-order valence-electron chi connectivity index (χ0n) is 13.3. The third-order valence-electron chi connectivity index (χ3n) is 4.23. The monoisotopic (exact) mass is 367 g/mol. The zero-order valence-corrected chi connectivity index (χ0v) is 14.1. The fourth-order valence-corrected chi connectivity index (χ4v) is 4.47. The molecule has 0 aliphatic carbocycles. The molecule has 132 valence electrons. The Morgan fingerprint density at radius 1 is 1.16 bits per heavy atom. The fourth-order valence-electron chi connectivity index (χ4n) is 2.91. The van der Waals surface area contributed by atoms with Crippen LogP contribution in [0.3, 0.4) is 0 Å². The minimum atomic E-state index is -4.10. The van der Waals surface area contributed by atoms with Crippen molar-refractivity contribution in [2.24, 2.45) is 0 Å². The predicted octanol–water partition coefficient (Wildman–Crippen LogP) is 3.11. The van der Waals surface area contributed by atoms with Crippen molar-refractivity contribution in [1.29, 1.82) is 0 Å². The summed E-state index contributed by atoms with van der Waals surface area (Å²) in [5.74, 6) is -3.39. The Kier molecular flexibility index (Phi) is 4.24. The van der Waals surface area contributed by atoms with Crippen molar-refractivity contribution >= 4 is 21.7 Å². The first-order valence-electron chi connectivity index (χ1n) is 7.56. The average molecular weight is 367 g/mol. The van der Waals surface area contributed by atoms with Crippen LogP contribution in [0.4, 0.5) is 14.5 Å². The summed E-state index contributed by atoms with van der Waals surface area (Å²) in [7, 11) is -4.10. The lowest BCUT2D eigenvalue weighted by atomic mass is 10.0. The van der Waals surface area contributed by atoms with Gasteiger partial charge in [0.2, 0.25) is 0 Å². The van der Waals surface area contributed by atoms with Crippen molar-refractivity contribution in [3.63, 3.8) is 0 Å². The van der Waals surface area contributed by atoms with Crippen LogP contribution >= 0.6 is 0 Å². The first-order valence-corrected chi connectivity index (χ1v) is 9.00. The van der Waals surface area contributed by atoms with Crippen LogP contribution < -0.4 is 4.31 Å². The highest BCUT2D eigenvalue weighted by molar-refractivity contribution is 7.92. The van der Waals surface area contributed by atoms with E-state index >= 15 is 0 Å². The molecule has 25 heavy (non-hydrogen) atoms. The number of rotatable bonds is 3. The van der Waals surface area contributed by atoms with Crippen LogP contribution in [-0.4, -0.2) is 26.0 Å². The number of carbonyl (C=O) groups is 1. The molecular weight excluding hydrogens is 352 g/mol. The average Bonchev–Trinajstić information content (AvgIpc) is 2.55. The number of hydrogen-bond acceptors (Lipinski definition) is 3. The number of aryl methyl sites for hydroxylation is 2. The number of nitrogens with zero attached hydrogens (tertiary/aromatic N) is 1. The Balaban J connectivity index is 2.13.